The predicted octanol–water partition coefficient (Wildman–Crippen LogP) is 0.638. The van der Waals surface area contributed by atoms with Crippen molar-refractivity contribution in [1.82, 2.24) is 10.2 Å². The highest BCUT2D eigenvalue weighted by molar-refractivity contribution is 5.85. The lowest BCUT2D eigenvalue weighted by molar-refractivity contribution is -0.132. The lowest BCUT2D eigenvalue weighted by Crippen LogP contribution is -2.39. The van der Waals surface area contributed by atoms with Crippen molar-refractivity contribution in [1.29, 1.82) is 0 Å². The minimum atomic E-state index is 0. The second-order valence-electron chi connectivity index (χ2n) is 3.87. The SMILES string of the molecule is CN(C(=O)C1CC1)[C@@H]1CCNC1.Cl. The Kier molecular flexibility index (Phi) is 3.56. The fourth-order valence-corrected chi connectivity index (χ4v) is 1.77. The maximum absolute atomic E-state index is 11.6. The van der Waals surface area contributed by atoms with Gasteiger partial charge in [-0.1, -0.05) is 0 Å². The Balaban J connectivity index is 0.000000845. The molecule has 76 valence electrons. The molecule has 0 unspecified atom stereocenters. The number of carbonyl (C=O) groups excluding carboxylic acids is 1. The zero-order valence-corrected chi connectivity index (χ0v) is 8.77. The summed E-state index contributed by atoms with van der Waals surface area (Å²) >= 11 is 0. The number of hydrogen-bond donors (Lipinski definition) is 1. The van der Waals surface area contributed by atoms with E-state index in [-0.39, 0.29) is 12.4 Å². The van der Waals surface area contributed by atoms with Gasteiger partial charge in [0.1, 0.15) is 0 Å². The van der Waals surface area contributed by atoms with Gasteiger partial charge in [-0.25, -0.2) is 0 Å². The van der Waals surface area contributed by atoms with Crippen LogP contribution in [0.4, 0.5) is 0 Å². The summed E-state index contributed by atoms with van der Waals surface area (Å²) in [6, 6.07) is 0.457. The molecule has 1 N–H and O–H groups in total. The number of halogens is 1. The quantitative estimate of drug-likeness (QED) is 0.716. The zero-order valence-electron chi connectivity index (χ0n) is 7.95. The van der Waals surface area contributed by atoms with Crippen LogP contribution in [0, 0.1) is 5.92 Å². The van der Waals surface area contributed by atoms with Gasteiger partial charge in [0, 0.05) is 25.6 Å². The molecule has 1 saturated heterocycles. The van der Waals surface area contributed by atoms with E-state index in [0.717, 1.165) is 32.4 Å². The Labute approximate surface area is 85.3 Å². The Hall–Kier alpha value is -0.280. The molecule has 2 rings (SSSR count). The number of amides is 1. The van der Waals surface area contributed by atoms with Crippen LogP contribution in [0.25, 0.3) is 0 Å². The first-order chi connectivity index (χ1) is 5.79. The Morgan fingerprint density at radius 3 is 2.54 bits per heavy atom. The van der Waals surface area contributed by atoms with Crippen molar-refractivity contribution in [2.45, 2.75) is 25.3 Å². The summed E-state index contributed by atoms with van der Waals surface area (Å²) < 4.78 is 0. The van der Waals surface area contributed by atoms with Crippen LogP contribution in [0.15, 0.2) is 0 Å². The van der Waals surface area contributed by atoms with Crippen molar-refractivity contribution in [3.05, 3.63) is 0 Å². The van der Waals surface area contributed by atoms with Gasteiger partial charge in [-0.15, -0.1) is 12.4 Å². The second-order valence-corrected chi connectivity index (χ2v) is 3.87. The highest BCUT2D eigenvalue weighted by atomic mass is 35.5. The van der Waals surface area contributed by atoms with Gasteiger partial charge in [0.25, 0.3) is 0 Å². The Morgan fingerprint density at radius 2 is 2.08 bits per heavy atom. The van der Waals surface area contributed by atoms with Gasteiger partial charge in [0.2, 0.25) is 5.91 Å². The molecule has 0 spiro atoms. The summed E-state index contributed by atoms with van der Waals surface area (Å²) in [5.41, 5.74) is 0. The maximum atomic E-state index is 11.6. The molecule has 0 aromatic carbocycles. The van der Waals surface area contributed by atoms with Crippen molar-refractivity contribution in [2.75, 3.05) is 20.1 Å². The van der Waals surface area contributed by atoms with E-state index in [2.05, 4.69) is 5.32 Å². The summed E-state index contributed by atoms with van der Waals surface area (Å²) in [6.45, 7) is 2.04. The number of rotatable bonds is 2. The van der Waals surface area contributed by atoms with Gasteiger partial charge in [0.15, 0.2) is 0 Å². The normalized spacial score (nSPS) is 26.7. The van der Waals surface area contributed by atoms with Crippen molar-refractivity contribution in [3.63, 3.8) is 0 Å². The number of nitrogens with one attached hydrogen (secondary N) is 1. The lowest BCUT2D eigenvalue weighted by atomic mass is 10.2. The lowest BCUT2D eigenvalue weighted by Gasteiger charge is -2.23. The number of carbonyl (C=O) groups is 1. The highest BCUT2D eigenvalue weighted by Gasteiger charge is 2.35. The number of likely N-dealkylation sites (N-methyl/N-ethyl adjacent to an activating group) is 1. The van der Waals surface area contributed by atoms with Gasteiger partial charge in [-0.3, -0.25) is 4.79 Å². The molecule has 0 aromatic heterocycles. The zero-order chi connectivity index (χ0) is 8.55. The standard InChI is InChI=1S/C9H16N2O.ClH/c1-11(8-4-5-10-6-8)9(12)7-2-3-7;/h7-8,10H,2-6H2,1H3;1H/t8-;/m1./s1. The molecule has 13 heavy (non-hydrogen) atoms. The van der Waals surface area contributed by atoms with E-state index in [1.54, 1.807) is 0 Å². The highest BCUT2D eigenvalue weighted by Crippen LogP contribution is 2.31. The molecule has 0 bridgehead atoms. The molecule has 2 fully saturated rings. The largest absolute Gasteiger partial charge is 0.341 e. The average Bonchev–Trinajstić information content (AvgIpc) is 2.79. The first kappa shape index (κ1) is 10.8. The summed E-state index contributed by atoms with van der Waals surface area (Å²) in [4.78, 5) is 13.5. The number of hydrogen-bond acceptors (Lipinski definition) is 2. The smallest absolute Gasteiger partial charge is 0.225 e. The molecule has 0 radical (unpaired) electrons. The van der Waals surface area contributed by atoms with E-state index in [1.807, 2.05) is 11.9 Å². The molecule has 1 aliphatic heterocycles. The third kappa shape index (κ3) is 2.35. The fraction of sp³-hybridized carbons (Fsp3) is 0.889. The second kappa shape index (κ2) is 4.29. The first-order valence-electron chi connectivity index (χ1n) is 4.76. The first-order valence-corrected chi connectivity index (χ1v) is 4.76. The van der Waals surface area contributed by atoms with Crippen molar-refractivity contribution in [2.24, 2.45) is 5.92 Å². The number of nitrogens with zero attached hydrogens (tertiary/aromatic N) is 1. The van der Waals surface area contributed by atoms with Gasteiger partial charge in [0.05, 0.1) is 0 Å². The van der Waals surface area contributed by atoms with Gasteiger partial charge >= 0.3 is 0 Å². The van der Waals surface area contributed by atoms with E-state index >= 15 is 0 Å². The van der Waals surface area contributed by atoms with Gasteiger partial charge in [-0.05, 0) is 25.8 Å². The molecule has 1 saturated carbocycles. The van der Waals surface area contributed by atoms with Crippen molar-refractivity contribution >= 4 is 18.3 Å². The third-order valence-electron chi connectivity index (χ3n) is 2.86. The summed E-state index contributed by atoms with van der Waals surface area (Å²) in [7, 11) is 1.94. The van der Waals surface area contributed by atoms with E-state index < -0.39 is 0 Å². The molecule has 3 nitrogen and oxygen atoms in total. The van der Waals surface area contributed by atoms with Crippen LogP contribution in [0.3, 0.4) is 0 Å². The molecular weight excluding hydrogens is 188 g/mol. The van der Waals surface area contributed by atoms with Crippen LogP contribution in [-0.2, 0) is 4.79 Å². The minimum absolute atomic E-state index is 0. The maximum Gasteiger partial charge on any atom is 0.225 e. The monoisotopic (exact) mass is 204 g/mol. The van der Waals surface area contributed by atoms with E-state index in [9.17, 15) is 4.79 Å². The van der Waals surface area contributed by atoms with Crippen molar-refractivity contribution in [3.8, 4) is 0 Å². The molecule has 4 heteroatoms. The van der Waals surface area contributed by atoms with Gasteiger partial charge in [-0.2, -0.15) is 0 Å². The van der Waals surface area contributed by atoms with Crippen LogP contribution in [0.1, 0.15) is 19.3 Å². The Morgan fingerprint density at radius 1 is 1.38 bits per heavy atom. The average molecular weight is 205 g/mol. The molecule has 2 aliphatic rings. The molecule has 1 atom stereocenters. The van der Waals surface area contributed by atoms with E-state index in [4.69, 9.17) is 0 Å². The minimum Gasteiger partial charge on any atom is -0.341 e. The van der Waals surface area contributed by atoms with E-state index in [1.165, 1.54) is 0 Å². The van der Waals surface area contributed by atoms with Crippen LogP contribution in [-0.4, -0.2) is 37.0 Å². The topological polar surface area (TPSA) is 32.3 Å². The third-order valence-corrected chi connectivity index (χ3v) is 2.86. The molecule has 0 aromatic rings. The van der Waals surface area contributed by atoms with Crippen LogP contribution >= 0.6 is 12.4 Å². The summed E-state index contributed by atoms with van der Waals surface area (Å²) in [6.07, 6.45) is 3.35. The van der Waals surface area contributed by atoms with Crippen molar-refractivity contribution < 1.29 is 4.79 Å². The molecule has 1 heterocycles. The molecule has 1 aliphatic carbocycles. The predicted molar refractivity (Wildman–Crippen MR) is 54.0 cm³/mol. The Bertz CT molecular complexity index is 188. The summed E-state index contributed by atoms with van der Waals surface area (Å²) in [5, 5.41) is 3.27. The van der Waals surface area contributed by atoms with Crippen LogP contribution < -0.4 is 5.32 Å². The molecule has 1 amide bonds. The van der Waals surface area contributed by atoms with E-state index in [0.29, 0.717) is 17.9 Å². The fourth-order valence-electron chi connectivity index (χ4n) is 1.77. The van der Waals surface area contributed by atoms with Crippen LogP contribution in [0.2, 0.25) is 0 Å². The summed E-state index contributed by atoms with van der Waals surface area (Å²) in [5.74, 6) is 0.735. The van der Waals surface area contributed by atoms with Crippen LogP contribution in [0.5, 0.6) is 0 Å². The van der Waals surface area contributed by atoms with Gasteiger partial charge < -0.3 is 10.2 Å². The molecular formula is C9H17ClN2O.